The molecule has 24 heavy (non-hydrogen) atoms. The lowest BCUT2D eigenvalue weighted by atomic mass is 10.00. The third kappa shape index (κ3) is 3.73. The van der Waals surface area contributed by atoms with Gasteiger partial charge < -0.3 is 4.74 Å². The summed E-state index contributed by atoms with van der Waals surface area (Å²) in [6, 6.07) is 6.02. The van der Waals surface area contributed by atoms with Crippen LogP contribution in [0, 0.1) is 18.8 Å². The summed E-state index contributed by atoms with van der Waals surface area (Å²) < 4.78 is 7.18. The maximum atomic E-state index is 6.07. The Morgan fingerprint density at radius 2 is 1.96 bits per heavy atom. The number of hydrogen-bond acceptors (Lipinski definition) is 5. The number of ether oxygens (including phenoxy) is 1. The first-order chi connectivity index (χ1) is 11.5. The third-order valence-electron chi connectivity index (χ3n) is 3.90. The van der Waals surface area contributed by atoms with Gasteiger partial charge in [-0.15, -0.1) is 11.3 Å². The predicted octanol–water partition coefficient (Wildman–Crippen LogP) is 5.12. The first-order valence-electron chi connectivity index (χ1n) is 8.33. The average molecular weight is 341 g/mol. The van der Waals surface area contributed by atoms with Gasteiger partial charge in [0.25, 0.3) is 0 Å². The van der Waals surface area contributed by atoms with Crippen LogP contribution in [0.5, 0.6) is 5.75 Å². The number of aromatic nitrogens is 3. The third-order valence-corrected chi connectivity index (χ3v) is 4.76. The van der Waals surface area contributed by atoms with Crippen LogP contribution >= 0.6 is 11.3 Å². The number of aryl methyl sites for hydroxylation is 1. The van der Waals surface area contributed by atoms with Gasteiger partial charge in [0.05, 0.1) is 22.5 Å². The summed E-state index contributed by atoms with van der Waals surface area (Å²) in [5.74, 6) is 2.85. The van der Waals surface area contributed by atoms with Crippen molar-refractivity contribution in [3.63, 3.8) is 0 Å². The normalized spacial score (nSPS) is 12.7. The first-order valence-corrected chi connectivity index (χ1v) is 9.21. The van der Waals surface area contributed by atoms with E-state index in [4.69, 9.17) is 4.74 Å². The van der Waals surface area contributed by atoms with Gasteiger partial charge in [-0.05, 0) is 43.4 Å². The van der Waals surface area contributed by atoms with Crippen molar-refractivity contribution in [2.24, 2.45) is 11.8 Å². The Morgan fingerprint density at radius 3 is 2.71 bits per heavy atom. The van der Waals surface area contributed by atoms with Crippen LogP contribution in [0.15, 0.2) is 29.9 Å². The maximum absolute atomic E-state index is 6.07. The summed E-state index contributed by atoms with van der Waals surface area (Å²) in [4.78, 5) is 13.2. The predicted molar refractivity (Wildman–Crippen MR) is 99.5 cm³/mol. The van der Waals surface area contributed by atoms with E-state index in [-0.39, 0.29) is 0 Å². The van der Waals surface area contributed by atoms with Gasteiger partial charge in [-0.1, -0.05) is 20.8 Å². The van der Waals surface area contributed by atoms with Crippen LogP contribution in [0.4, 0.5) is 0 Å². The van der Waals surface area contributed by atoms with E-state index in [0.29, 0.717) is 11.8 Å². The molecule has 0 saturated heterocycles. The van der Waals surface area contributed by atoms with Gasteiger partial charge in [0, 0.05) is 11.8 Å². The molecule has 0 aliphatic carbocycles. The number of rotatable bonds is 6. The number of thiazole rings is 1. The molecule has 5 heteroatoms. The summed E-state index contributed by atoms with van der Waals surface area (Å²) in [5, 5.41) is 0. The molecule has 4 nitrogen and oxygen atoms in total. The first kappa shape index (κ1) is 16.8. The molecule has 2 aromatic heterocycles. The fourth-order valence-corrected chi connectivity index (χ4v) is 3.78. The summed E-state index contributed by atoms with van der Waals surface area (Å²) in [5.41, 5.74) is 4.80. The molecule has 3 rings (SSSR count). The maximum Gasteiger partial charge on any atom is 0.146 e. The van der Waals surface area contributed by atoms with Crippen molar-refractivity contribution in [1.82, 2.24) is 15.0 Å². The highest BCUT2D eigenvalue weighted by Gasteiger charge is 2.14. The van der Waals surface area contributed by atoms with Crippen LogP contribution in [-0.2, 0) is 0 Å². The standard InChI is InChI=1S/C19H23N3OS/c1-12(2)9-13(3)10-23-17-6-5-15(19-18(17)21-11-24-19)16-7-8-20-14(4)22-16/h5-8,11-13H,9-10H2,1-4H3. The zero-order chi connectivity index (χ0) is 17.1. The Bertz CT molecular complexity index is 828. The second kappa shape index (κ2) is 7.26. The molecule has 0 spiro atoms. The molecule has 3 aromatic rings. The number of fused-ring (bicyclic) bond motifs is 1. The number of hydrogen-bond donors (Lipinski definition) is 0. The van der Waals surface area contributed by atoms with E-state index in [1.165, 1.54) is 6.42 Å². The van der Waals surface area contributed by atoms with Crippen molar-refractivity contribution in [3.8, 4) is 17.0 Å². The van der Waals surface area contributed by atoms with Crippen molar-refractivity contribution >= 4 is 21.6 Å². The summed E-state index contributed by atoms with van der Waals surface area (Å²) in [6.07, 6.45) is 2.96. The van der Waals surface area contributed by atoms with E-state index < -0.39 is 0 Å². The van der Waals surface area contributed by atoms with Crippen molar-refractivity contribution in [3.05, 3.63) is 35.7 Å². The Morgan fingerprint density at radius 1 is 1.12 bits per heavy atom. The molecule has 0 N–H and O–H groups in total. The molecule has 126 valence electrons. The van der Waals surface area contributed by atoms with Crippen molar-refractivity contribution < 1.29 is 4.74 Å². The SMILES string of the molecule is Cc1nccc(-c2ccc(OCC(C)CC(C)C)c3ncsc23)n1. The van der Waals surface area contributed by atoms with E-state index in [2.05, 4.69) is 41.8 Å². The lowest BCUT2D eigenvalue weighted by Crippen LogP contribution is -2.11. The van der Waals surface area contributed by atoms with Crippen LogP contribution in [0.2, 0.25) is 0 Å². The lowest BCUT2D eigenvalue weighted by molar-refractivity contribution is 0.241. The molecule has 0 saturated carbocycles. The topological polar surface area (TPSA) is 47.9 Å². The van der Waals surface area contributed by atoms with Crippen molar-refractivity contribution in [2.45, 2.75) is 34.1 Å². The van der Waals surface area contributed by atoms with E-state index in [1.54, 1.807) is 17.5 Å². The molecule has 0 aliphatic heterocycles. The van der Waals surface area contributed by atoms with Gasteiger partial charge in [0.1, 0.15) is 17.1 Å². The second-order valence-corrected chi connectivity index (χ2v) is 7.53. The van der Waals surface area contributed by atoms with Crippen molar-refractivity contribution in [2.75, 3.05) is 6.61 Å². The van der Waals surface area contributed by atoms with Crippen molar-refractivity contribution in [1.29, 1.82) is 0 Å². The van der Waals surface area contributed by atoms with Gasteiger partial charge in [-0.3, -0.25) is 0 Å². The molecule has 1 unspecified atom stereocenters. The highest BCUT2D eigenvalue weighted by Crippen LogP contribution is 2.35. The number of benzene rings is 1. The van der Waals surface area contributed by atoms with Crippen LogP contribution < -0.4 is 4.74 Å². The highest BCUT2D eigenvalue weighted by atomic mass is 32.1. The van der Waals surface area contributed by atoms with Gasteiger partial charge >= 0.3 is 0 Å². The van der Waals surface area contributed by atoms with Gasteiger partial charge in [-0.2, -0.15) is 0 Å². The molecule has 2 heterocycles. The van der Waals surface area contributed by atoms with E-state index >= 15 is 0 Å². The summed E-state index contributed by atoms with van der Waals surface area (Å²) >= 11 is 1.62. The van der Waals surface area contributed by atoms with Crippen LogP contribution in [0.1, 0.15) is 33.0 Å². The second-order valence-electron chi connectivity index (χ2n) is 6.68. The summed E-state index contributed by atoms with van der Waals surface area (Å²) in [7, 11) is 0. The van der Waals surface area contributed by atoms with Crippen LogP contribution in [0.25, 0.3) is 21.5 Å². The zero-order valence-corrected chi connectivity index (χ0v) is 15.4. The van der Waals surface area contributed by atoms with Crippen LogP contribution in [0.3, 0.4) is 0 Å². The summed E-state index contributed by atoms with van der Waals surface area (Å²) in [6.45, 7) is 9.34. The zero-order valence-electron chi connectivity index (χ0n) is 14.6. The largest absolute Gasteiger partial charge is 0.491 e. The minimum Gasteiger partial charge on any atom is -0.491 e. The Hall–Kier alpha value is -2.01. The molecule has 0 aliphatic rings. The van der Waals surface area contributed by atoms with E-state index in [1.807, 2.05) is 24.6 Å². The Labute approximate surface area is 147 Å². The average Bonchev–Trinajstić information content (AvgIpc) is 3.01. The van der Waals surface area contributed by atoms with Crippen LogP contribution in [-0.4, -0.2) is 21.6 Å². The minimum absolute atomic E-state index is 0.530. The smallest absolute Gasteiger partial charge is 0.146 e. The van der Waals surface area contributed by atoms with E-state index in [0.717, 1.165) is 39.7 Å². The minimum atomic E-state index is 0.530. The van der Waals surface area contributed by atoms with Gasteiger partial charge in [0.15, 0.2) is 0 Å². The molecular weight excluding hydrogens is 318 g/mol. The fraction of sp³-hybridized carbons (Fsp3) is 0.421. The monoisotopic (exact) mass is 341 g/mol. The molecular formula is C19H23N3OS. The quantitative estimate of drug-likeness (QED) is 0.624. The molecule has 1 atom stereocenters. The Kier molecular flexibility index (Phi) is 5.09. The Balaban J connectivity index is 1.88. The lowest BCUT2D eigenvalue weighted by Gasteiger charge is -2.15. The molecule has 0 bridgehead atoms. The highest BCUT2D eigenvalue weighted by molar-refractivity contribution is 7.17. The fourth-order valence-electron chi connectivity index (χ4n) is 2.96. The van der Waals surface area contributed by atoms with Gasteiger partial charge in [-0.25, -0.2) is 15.0 Å². The van der Waals surface area contributed by atoms with Gasteiger partial charge in [0.2, 0.25) is 0 Å². The molecule has 1 aromatic carbocycles. The number of nitrogens with zero attached hydrogens (tertiary/aromatic N) is 3. The molecule has 0 fully saturated rings. The molecule has 0 radical (unpaired) electrons. The van der Waals surface area contributed by atoms with E-state index in [9.17, 15) is 0 Å². The molecule has 0 amide bonds.